The van der Waals surface area contributed by atoms with Gasteiger partial charge in [0, 0.05) is 23.1 Å². The fraction of sp³-hybridized carbons (Fsp3) is 0.0455. The highest BCUT2D eigenvalue weighted by Crippen LogP contribution is 2.39. The first-order valence-electron chi connectivity index (χ1n) is 8.66. The van der Waals surface area contributed by atoms with Gasteiger partial charge in [-0.15, -0.1) is 0 Å². The lowest BCUT2D eigenvalue weighted by Crippen LogP contribution is -2.07. The van der Waals surface area contributed by atoms with Crippen molar-refractivity contribution in [1.29, 1.82) is 0 Å². The van der Waals surface area contributed by atoms with Gasteiger partial charge in [-0.2, -0.15) is 13.2 Å². The number of aromatic nitrogens is 1. The molecule has 4 aromatic rings. The molecule has 3 aromatic carbocycles. The number of non-ortho nitro benzene ring substituents is 1. The summed E-state index contributed by atoms with van der Waals surface area (Å²) in [6.07, 6.45) is -4.53. The minimum absolute atomic E-state index is 0.0440. The van der Waals surface area contributed by atoms with E-state index >= 15 is 0 Å². The lowest BCUT2D eigenvalue weighted by Gasteiger charge is -2.15. The summed E-state index contributed by atoms with van der Waals surface area (Å²) in [5.41, 5.74) is 0.893. The van der Waals surface area contributed by atoms with Crippen LogP contribution in [0.2, 0.25) is 0 Å². The molecule has 0 atom stereocenters. The lowest BCUT2D eigenvalue weighted by molar-refractivity contribution is -0.384. The minimum atomic E-state index is -4.53. The van der Waals surface area contributed by atoms with Gasteiger partial charge in [0.25, 0.3) is 5.69 Å². The summed E-state index contributed by atoms with van der Waals surface area (Å²) in [6, 6.07) is 19.9. The first-order valence-corrected chi connectivity index (χ1v) is 8.66. The predicted octanol–water partition coefficient (Wildman–Crippen LogP) is 6.50. The molecule has 0 radical (unpaired) electrons. The Morgan fingerprint density at radius 2 is 1.52 bits per heavy atom. The van der Waals surface area contributed by atoms with Crippen LogP contribution < -0.4 is 0 Å². The molecule has 0 N–H and O–H groups in total. The second-order valence-electron chi connectivity index (χ2n) is 6.42. The van der Waals surface area contributed by atoms with Crippen LogP contribution in [-0.2, 0) is 6.18 Å². The van der Waals surface area contributed by atoms with Crippen molar-refractivity contribution in [3.8, 4) is 22.4 Å². The number of alkyl halides is 3. The summed E-state index contributed by atoms with van der Waals surface area (Å²) in [5, 5.41) is 11.7. The van der Waals surface area contributed by atoms with Crippen LogP contribution in [0.4, 0.5) is 18.9 Å². The minimum Gasteiger partial charge on any atom is -0.258 e. The Balaban J connectivity index is 2.04. The third-order valence-electron chi connectivity index (χ3n) is 4.60. The molecule has 1 aromatic heterocycles. The SMILES string of the molecule is O=[N+]([O-])c1ccc2nc(-c3ccccc3C(F)(F)F)cc(-c3ccccc3)c2c1. The summed E-state index contributed by atoms with van der Waals surface area (Å²) in [4.78, 5) is 15.1. The highest BCUT2D eigenvalue weighted by atomic mass is 19.4. The van der Waals surface area contributed by atoms with Gasteiger partial charge in [0.05, 0.1) is 21.7 Å². The molecule has 7 heteroatoms. The average molecular weight is 394 g/mol. The molecular weight excluding hydrogens is 381 g/mol. The quantitative estimate of drug-likeness (QED) is 0.295. The number of hydrogen-bond acceptors (Lipinski definition) is 3. The standard InChI is InChI=1S/C22H13F3N2O2/c23-22(24,25)19-9-5-4-8-16(19)21-13-17(14-6-2-1-3-7-14)18-12-15(27(28)29)10-11-20(18)26-21/h1-13H. The highest BCUT2D eigenvalue weighted by molar-refractivity contribution is 5.98. The highest BCUT2D eigenvalue weighted by Gasteiger charge is 2.33. The second-order valence-corrected chi connectivity index (χ2v) is 6.42. The van der Waals surface area contributed by atoms with Crippen LogP contribution in [0.5, 0.6) is 0 Å². The van der Waals surface area contributed by atoms with Crippen molar-refractivity contribution in [1.82, 2.24) is 4.98 Å². The molecular formula is C22H13F3N2O2. The van der Waals surface area contributed by atoms with E-state index in [0.29, 0.717) is 16.5 Å². The molecule has 0 aliphatic heterocycles. The normalized spacial score (nSPS) is 11.6. The number of nitro benzene ring substituents is 1. The van der Waals surface area contributed by atoms with Gasteiger partial charge in [-0.1, -0.05) is 48.5 Å². The summed E-state index contributed by atoms with van der Waals surface area (Å²) in [5.74, 6) is 0. The number of nitro groups is 1. The van der Waals surface area contributed by atoms with E-state index in [2.05, 4.69) is 4.98 Å². The first-order chi connectivity index (χ1) is 13.8. The molecule has 29 heavy (non-hydrogen) atoms. The predicted molar refractivity (Wildman–Crippen MR) is 104 cm³/mol. The molecule has 0 spiro atoms. The van der Waals surface area contributed by atoms with Crippen LogP contribution in [0.25, 0.3) is 33.3 Å². The number of hydrogen-bond donors (Lipinski definition) is 0. The second kappa shape index (κ2) is 7.01. The Hall–Kier alpha value is -3.74. The van der Waals surface area contributed by atoms with Crippen LogP contribution >= 0.6 is 0 Å². The van der Waals surface area contributed by atoms with Crippen LogP contribution in [0.15, 0.2) is 78.9 Å². The molecule has 4 nitrogen and oxygen atoms in total. The maximum absolute atomic E-state index is 13.5. The molecule has 0 aliphatic carbocycles. The van der Waals surface area contributed by atoms with Crippen molar-refractivity contribution < 1.29 is 18.1 Å². The van der Waals surface area contributed by atoms with Crippen molar-refractivity contribution in [2.45, 2.75) is 6.18 Å². The molecule has 0 fully saturated rings. The number of halogens is 3. The number of fused-ring (bicyclic) bond motifs is 1. The van der Waals surface area contributed by atoms with E-state index < -0.39 is 16.7 Å². The van der Waals surface area contributed by atoms with Crippen LogP contribution in [0, 0.1) is 10.1 Å². The van der Waals surface area contributed by atoms with Crippen LogP contribution in [-0.4, -0.2) is 9.91 Å². The van der Waals surface area contributed by atoms with Gasteiger partial charge < -0.3 is 0 Å². The maximum Gasteiger partial charge on any atom is 0.417 e. The van der Waals surface area contributed by atoms with Crippen molar-refractivity contribution in [3.63, 3.8) is 0 Å². The number of rotatable bonds is 3. The monoisotopic (exact) mass is 394 g/mol. The van der Waals surface area contributed by atoms with Gasteiger partial charge in [-0.3, -0.25) is 10.1 Å². The Kier molecular flexibility index (Phi) is 4.50. The summed E-state index contributed by atoms with van der Waals surface area (Å²) >= 11 is 0. The zero-order valence-electron chi connectivity index (χ0n) is 14.9. The van der Waals surface area contributed by atoms with Gasteiger partial charge >= 0.3 is 6.18 Å². The molecule has 0 saturated carbocycles. The molecule has 0 amide bonds. The summed E-state index contributed by atoms with van der Waals surface area (Å²) < 4.78 is 40.5. The Morgan fingerprint density at radius 3 is 2.21 bits per heavy atom. The smallest absolute Gasteiger partial charge is 0.258 e. The number of benzene rings is 3. The van der Waals surface area contributed by atoms with Crippen molar-refractivity contribution >= 4 is 16.6 Å². The van der Waals surface area contributed by atoms with E-state index in [4.69, 9.17) is 0 Å². The van der Waals surface area contributed by atoms with Gasteiger partial charge in [-0.05, 0) is 29.3 Å². The molecule has 1 heterocycles. The fourth-order valence-corrected chi connectivity index (χ4v) is 3.28. The third-order valence-corrected chi connectivity index (χ3v) is 4.60. The Bertz CT molecular complexity index is 1220. The molecule has 0 unspecified atom stereocenters. The van der Waals surface area contributed by atoms with E-state index in [1.807, 2.05) is 6.07 Å². The van der Waals surface area contributed by atoms with Gasteiger partial charge in [0.15, 0.2) is 0 Å². The van der Waals surface area contributed by atoms with E-state index in [1.165, 1.54) is 36.4 Å². The zero-order chi connectivity index (χ0) is 20.6. The van der Waals surface area contributed by atoms with Crippen molar-refractivity contribution in [2.24, 2.45) is 0 Å². The first kappa shape index (κ1) is 18.6. The summed E-state index contributed by atoms with van der Waals surface area (Å²) in [7, 11) is 0. The molecule has 4 rings (SSSR count). The van der Waals surface area contributed by atoms with Crippen molar-refractivity contribution in [2.75, 3.05) is 0 Å². The average Bonchev–Trinajstić information content (AvgIpc) is 2.72. The van der Waals surface area contributed by atoms with E-state index in [9.17, 15) is 23.3 Å². The Labute approximate surface area is 163 Å². The van der Waals surface area contributed by atoms with Crippen LogP contribution in [0.3, 0.4) is 0 Å². The topological polar surface area (TPSA) is 56.0 Å². The fourth-order valence-electron chi connectivity index (χ4n) is 3.28. The van der Waals surface area contributed by atoms with Gasteiger partial charge in [-0.25, -0.2) is 4.98 Å². The van der Waals surface area contributed by atoms with Crippen molar-refractivity contribution in [3.05, 3.63) is 94.5 Å². The third kappa shape index (κ3) is 3.54. The van der Waals surface area contributed by atoms with Gasteiger partial charge in [0.2, 0.25) is 0 Å². The molecule has 0 saturated heterocycles. The van der Waals surface area contributed by atoms with E-state index in [-0.39, 0.29) is 16.9 Å². The van der Waals surface area contributed by atoms with Crippen LogP contribution in [0.1, 0.15) is 5.56 Å². The van der Waals surface area contributed by atoms with E-state index in [1.54, 1.807) is 30.3 Å². The summed E-state index contributed by atoms with van der Waals surface area (Å²) in [6.45, 7) is 0. The molecule has 0 bridgehead atoms. The lowest BCUT2D eigenvalue weighted by atomic mass is 9.96. The molecule has 0 aliphatic rings. The van der Waals surface area contributed by atoms with Gasteiger partial charge in [0.1, 0.15) is 0 Å². The molecule has 144 valence electrons. The number of pyridine rings is 1. The largest absolute Gasteiger partial charge is 0.417 e. The van der Waals surface area contributed by atoms with E-state index in [0.717, 1.165) is 11.6 Å². The zero-order valence-corrected chi connectivity index (χ0v) is 14.9. The maximum atomic E-state index is 13.5. The number of nitrogens with zero attached hydrogens (tertiary/aromatic N) is 2. The Morgan fingerprint density at radius 1 is 0.828 bits per heavy atom.